The van der Waals surface area contributed by atoms with Crippen LogP contribution in [0, 0.1) is 6.92 Å². The van der Waals surface area contributed by atoms with Gasteiger partial charge in [0.15, 0.2) is 0 Å². The van der Waals surface area contributed by atoms with Crippen molar-refractivity contribution in [2.45, 2.75) is 51.5 Å². The first-order chi connectivity index (χ1) is 12.5. The van der Waals surface area contributed by atoms with Gasteiger partial charge >= 0.3 is 5.97 Å². The number of rotatable bonds is 6. The summed E-state index contributed by atoms with van der Waals surface area (Å²) in [5.74, 6) is -1.07. The zero-order valence-electron chi connectivity index (χ0n) is 15.1. The van der Waals surface area contributed by atoms with Gasteiger partial charge in [-0.25, -0.2) is 0 Å². The van der Waals surface area contributed by atoms with E-state index < -0.39 is 12.0 Å². The van der Waals surface area contributed by atoms with Crippen molar-refractivity contribution in [3.05, 3.63) is 70.3 Å². The van der Waals surface area contributed by atoms with Crippen molar-refractivity contribution in [1.29, 1.82) is 0 Å². The Labute approximate surface area is 154 Å². The number of carbonyl (C=O) groups is 2. The molecule has 0 saturated carbocycles. The molecule has 0 radical (unpaired) electrons. The van der Waals surface area contributed by atoms with Gasteiger partial charge in [0, 0.05) is 0 Å². The Hall–Kier alpha value is -2.62. The molecule has 1 atom stereocenters. The van der Waals surface area contributed by atoms with E-state index in [1.807, 2.05) is 37.3 Å². The number of fused-ring (bicyclic) bond motifs is 1. The Morgan fingerprint density at radius 2 is 1.73 bits per heavy atom. The minimum absolute atomic E-state index is 0.126. The summed E-state index contributed by atoms with van der Waals surface area (Å²) in [5.41, 5.74) is 5.65. The van der Waals surface area contributed by atoms with Crippen molar-refractivity contribution in [3.63, 3.8) is 0 Å². The van der Waals surface area contributed by atoms with E-state index in [0.717, 1.165) is 29.5 Å². The van der Waals surface area contributed by atoms with Crippen LogP contribution in [0.25, 0.3) is 0 Å². The van der Waals surface area contributed by atoms with Crippen molar-refractivity contribution >= 4 is 11.9 Å². The molecule has 0 aliphatic heterocycles. The molecule has 2 N–H and O–H groups in total. The second-order valence-corrected chi connectivity index (χ2v) is 7.12. The molecule has 1 aliphatic carbocycles. The maximum Gasteiger partial charge on any atom is 0.305 e. The average molecular weight is 351 g/mol. The molecule has 4 heteroatoms. The number of amides is 1. The Kier molecular flexibility index (Phi) is 5.71. The standard InChI is InChI=1S/C22H25NO3/c1-15-6-9-18(10-7-15)20(14-22(25)26)23-21(24)13-16-8-11-17-4-2-3-5-19(17)12-16/h6-12,20H,2-5,13-14H2,1H3,(H,23,24)(H,25,26). The molecule has 0 saturated heterocycles. The fraction of sp³-hybridized carbons (Fsp3) is 0.364. The summed E-state index contributed by atoms with van der Waals surface area (Å²) in [4.78, 5) is 23.7. The lowest BCUT2D eigenvalue weighted by Gasteiger charge is -2.19. The molecule has 0 bridgehead atoms. The second kappa shape index (κ2) is 8.17. The summed E-state index contributed by atoms with van der Waals surface area (Å²) < 4.78 is 0. The van der Waals surface area contributed by atoms with E-state index in [0.29, 0.717) is 0 Å². The Morgan fingerprint density at radius 1 is 1.04 bits per heavy atom. The third-order valence-electron chi connectivity index (χ3n) is 4.97. The number of carbonyl (C=O) groups excluding carboxylic acids is 1. The highest BCUT2D eigenvalue weighted by molar-refractivity contribution is 5.80. The minimum Gasteiger partial charge on any atom is -0.481 e. The van der Waals surface area contributed by atoms with E-state index >= 15 is 0 Å². The van der Waals surface area contributed by atoms with Gasteiger partial charge in [-0.15, -0.1) is 0 Å². The van der Waals surface area contributed by atoms with Crippen LogP contribution in [0.1, 0.15) is 53.1 Å². The fourth-order valence-corrected chi connectivity index (χ4v) is 3.55. The smallest absolute Gasteiger partial charge is 0.305 e. The van der Waals surface area contributed by atoms with E-state index in [2.05, 4.69) is 17.4 Å². The van der Waals surface area contributed by atoms with Crippen LogP contribution in [0.5, 0.6) is 0 Å². The lowest BCUT2D eigenvalue weighted by atomic mass is 9.90. The molecular weight excluding hydrogens is 326 g/mol. The van der Waals surface area contributed by atoms with Crippen LogP contribution < -0.4 is 5.32 Å². The van der Waals surface area contributed by atoms with Crippen LogP contribution in [-0.2, 0) is 28.9 Å². The lowest BCUT2D eigenvalue weighted by Crippen LogP contribution is -2.31. The number of hydrogen-bond acceptors (Lipinski definition) is 2. The lowest BCUT2D eigenvalue weighted by molar-refractivity contribution is -0.137. The van der Waals surface area contributed by atoms with Crippen LogP contribution in [-0.4, -0.2) is 17.0 Å². The molecule has 1 amide bonds. The van der Waals surface area contributed by atoms with E-state index in [9.17, 15) is 14.7 Å². The number of nitrogens with one attached hydrogen (secondary N) is 1. The highest BCUT2D eigenvalue weighted by Crippen LogP contribution is 2.23. The Bertz CT molecular complexity index is 796. The van der Waals surface area contributed by atoms with E-state index in [-0.39, 0.29) is 18.7 Å². The highest BCUT2D eigenvalue weighted by atomic mass is 16.4. The molecule has 2 aromatic rings. The van der Waals surface area contributed by atoms with Crippen molar-refractivity contribution in [1.82, 2.24) is 5.32 Å². The Morgan fingerprint density at radius 3 is 2.42 bits per heavy atom. The predicted octanol–water partition coefficient (Wildman–Crippen LogP) is 3.75. The zero-order valence-corrected chi connectivity index (χ0v) is 15.1. The van der Waals surface area contributed by atoms with Gasteiger partial charge in [-0.05, 0) is 54.9 Å². The minimum atomic E-state index is -0.926. The maximum absolute atomic E-state index is 12.5. The van der Waals surface area contributed by atoms with Gasteiger partial charge in [-0.3, -0.25) is 9.59 Å². The first-order valence-electron chi connectivity index (χ1n) is 9.19. The van der Waals surface area contributed by atoms with E-state index in [4.69, 9.17) is 0 Å². The van der Waals surface area contributed by atoms with Gasteiger partial charge in [-0.2, -0.15) is 0 Å². The van der Waals surface area contributed by atoms with Crippen LogP contribution in [0.15, 0.2) is 42.5 Å². The largest absolute Gasteiger partial charge is 0.481 e. The summed E-state index contributed by atoms with van der Waals surface area (Å²) in [6.45, 7) is 1.98. The van der Waals surface area contributed by atoms with Crippen molar-refractivity contribution in [3.8, 4) is 0 Å². The number of hydrogen-bond donors (Lipinski definition) is 2. The second-order valence-electron chi connectivity index (χ2n) is 7.12. The van der Waals surface area contributed by atoms with Crippen LogP contribution in [0.2, 0.25) is 0 Å². The highest BCUT2D eigenvalue weighted by Gasteiger charge is 2.19. The third-order valence-corrected chi connectivity index (χ3v) is 4.97. The topological polar surface area (TPSA) is 66.4 Å². The monoisotopic (exact) mass is 351 g/mol. The van der Waals surface area contributed by atoms with Crippen molar-refractivity contribution in [2.75, 3.05) is 0 Å². The van der Waals surface area contributed by atoms with E-state index in [1.54, 1.807) is 0 Å². The number of aryl methyl sites for hydroxylation is 3. The molecule has 2 aromatic carbocycles. The van der Waals surface area contributed by atoms with Crippen LogP contribution >= 0.6 is 0 Å². The fourth-order valence-electron chi connectivity index (χ4n) is 3.55. The van der Waals surface area contributed by atoms with Gasteiger partial charge < -0.3 is 10.4 Å². The average Bonchev–Trinajstić information content (AvgIpc) is 2.61. The molecule has 3 rings (SSSR count). The molecule has 0 aromatic heterocycles. The molecule has 0 fully saturated rings. The molecule has 0 spiro atoms. The molecule has 1 aliphatic rings. The van der Waals surface area contributed by atoms with Crippen molar-refractivity contribution < 1.29 is 14.7 Å². The molecule has 4 nitrogen and oxygen atoms in total. The SMILES string of the molecule is Cc1ccc(C(CC(=O)O)NC(=O)Cc2ccc3c(c2)CCCC3)cc1. The molecule has 26 heavy (non-hydrogen) atoms. The van der Waals surface area contributed by atoms with Crippen molar-refractivity contribution in [2.24, 2.45) is 0 Å². The summed E-state index contributed by atoms with van der Waals surface area (Å²) in [7, 11) is 0. The summed E-state index contributed by atoms with van der Waals surface area (Å²) >= 11 is 0. The zero-order chi connectivity index (χ0) is 18.5. The van der Waals surface area contributed by atoms with Gasteiger partial charge in [0.25, 0.3) is 0 Å². The first kappa shape index (κ1) is 18.2. The van der Waals surface area contributed by atoms with Gasteiger partial charge in [0.2, 0.25) is 5.91 Å². The summed E-state index contributed by atoms with van der Waals surface area (Å²) in [5, 5.41) is 12.1. The van der Waals surface area contributed by atoms with Gasteiger partial charge in [0.05, 0.1) is 18.9 Å². The Balaban J connectivity index is 1.69. The number of carboxylic acid groups (broad SMARTS) is 1. The van der Waals surface area contributed by atoms with Crippen LogP contribution in [0.4, 0.5) is 0 Å². The summed E-state index contributed by atoms with van der Waals surface area (Å²) in [6, 6.07) is 13.4. The third kappa shape index (κ3) is 4.72. The number of benzene rings is 2. The van der Waals surface area contributed by atoms with Crippen LogP contribution in [0.3, 0.4) is 0 Å². The number of carboxylic acids is 1. The predicted molar refractivity (Wildman–Crippen MR) is 101 cm³/mol. The quantitative estimate of drug-likeness (QED) is 0.833. The normalized spacial score (nSPS) is 14.3. The van der Waals surface area contributed by atoms with E-state index in [1.165, 1.54) is 24.0 Å². The molecule has 0 heterocycles. The number of aliphatic carboxylic acids is 1. The molecular formula is C22H25NO3. The molecule has 136 valence electrons. The van der Waals surface area contributed by atoms with Gasteiger partial charge in [-0.1, -0.05) is 48.0 Å². The first-order valence-corrected chi connectivity index (χ1v) is 9.19. The molecule has 1 unspecified atom stereocenters. The maximum atomic E-state index is 12.5. The van der Waals surface area contributed by atoms with Gasteiger partial charge in [0.1, 0.15) is 0 Å². The summed E-state index contributed by atoms with van der Waals surface area (Å²) in [6.07, 6.45) is 4.79.